The van der Waals surface area contributed by atoms with Gasteiger partial charge in [-0.25, -0.2) is 0 Å². The van der Waals surface area contributed by atoms with Crippen molar-refractivity contribution >= 4 is 5.91 Å². The molecule has 0 fully saturated rings. The Labute approximate surface area is 94.2 Å². The smallest absolute Gasteiger partial charge is 0.234 e. The number of carbonyl (C=O) groups is 1. The minimum absolute atomic E-state index is 0.137. The number of primary amides is 1. The highest BCUT2D eigenvalue weighted by molar-refractivity contribution is 5.79. The average molecular weight is 220 g/mol. The molecule has 0 aliphatic carbocycles. The zero-order chi connectivity index (χ0) is 12.7. The van der Waals surface area contributed by atoms with E-state index in [9.17, 15) is 4.79 Å². The van der Waals surface area contributed by atoms with E-state index in [1.807, 2.05) is 13.8 Å². The summed E-state index contributed by atoms with van der Waals surface area (Å²) in [7, 11) is 2.77. The van der Waals surface area contributed by atoms with Crippen molar-refractivity contribution in [1.82, 2.24) is 5.32 Å². The highest BCUT2D eigenvalue weighted by Gasteiger charge is 2.10. The van der Waals surface area contributed by atoms with E-state index in [-0.39, 0.29) is 11.9 Å². The Bertz CT molecular complexity index is 119. The quantitative estimate of drug-likeness (QED) is 0.590. The summed E-state index contributed by atoms with van der Waals surface area (Å²) in [6.45, 7) is 6.14. The Kier molecular flexibility index (Phi) is 25.2. The Hall–Kier alpha value is -0.610. The first-order valence-electron chi connectivity index (χ1n) is 5.63. The van der Waals surface area contributed by atoms with Crippen molar-refractivity contribution in [3.63, 3.8) is 0 Å². The highest BCUT2D eigenvalue weighted by Crippen LogP contribution is 2.02. The third-order valence-electron chi connectivity index (χ3n) is 1.79. The molecule has 4 N–H and O–H groups in total. The van der Waals surface area contributed by atoms with Crippen LogP contribution in [0, 0.1) is 0 Å². The van der Waals surface area contributed by atoms with E-state index in [2.05, 4.69) is 12.2 Å². The number of nitrogens with two attached hydrogens (primary N) is 1. The minimum Gasteiger partial charge on any atom is -0.400 e. The van der Waals surface area contributed by atoms with Gasteiger partial charge >= 0.3 is 0 Å². The largest absolute Gasteiger partial charge is 0.400 e. The molecule has 0 aromatic rings. The summed E-state index contributed by atoms with van der Waals surface area (Å²) in [5.41, 5.74) is 5.13. The van der Waals surface area contributed by atoms with Crippen molar-refractivity contribution in [2.75, 3.05) is 14.2 Å². The number of amides is 1. The molecule has 15 heavy (non-hydrogen) atoms. The molecule has 0 saturated carbocycles. The van der Waals surface area contributed by atoms with Crippen LogP contribution in [0.2, 0.25) is 0 Å². The molecular weight excluding hydrogens is 192 g/mol. The molecule has 0 aromatic heterocycles. The molecule has 94 valence electrons. The van der Waals surface area contributed by atoms with Gasteiger partial charge in [-0.1, -0.05) is 40.0 Å². The molecule has 0 bridgehead atoms. The third-order valence-corrected chi connectivity index (χ3v) is 1.79. The molecule has 0 spiro atoms. The number of hydrogen-bond acceptors (Lipinski definition) is 3. The van der Waals surface area contributed by atoms with Gasteiger partial charge in [-0.15, -0.1) is 0 Å². The monoisotopic (exact) mass is 220 g/mol. The number of hydrogen-bond donors (Lipinski definition) is 3. The maximum absolute atomic E-state index is 10.7. The molecule has 0 rings (SSSR count). The molecule has 4 nitrogen and oxygen atoms in total. The second-order valence-electron chi connectivity index (χ2n) is 2.74. The number of carbonyl (C=O) groups excluding carboxylic acids is 1. The normalized spacial score (nSPS) is 10.3. The predicted molar refractivity (Wildman–Crippen MR) is 65.7 cm³/mol. The van der Waals surface area contributed by atoms with Gasteiger partial charge in [-0.05, 0) is 13.5 Å². The molecule has 4 heteroatoms. The van der Waals surface area contributed by atoms with Crippen molar-refractivity contribution < 1.29 is 9.90 Å². The van der Waals surface area contributed by atoms with Crippen LogP contribution >= 0.6 is 0 Å². The lowest BCUT2D eigenvalue weighted by Gasteiger charge is -2.10. The van der Waals surface area contributed by atoms with E-state index >= 15 is 0 Å². The minimum atomic E-state index is -0.247. The maximum Gasteiger partial charge on any atom is 0.234 e. The predicted octanol–water partition coefficient (Wildman–Crippen LogP) is 1.27. The van der Waals surface area contributed by atoms with Crippen LogP contribution in [0.15, 0.2) is 0 Å². The summed E-state index contributed by atoms with van der Waals surface area (Å²) in [4.78, 5) is 10.7. The van der Waals surface area contributed by atoms with E-state index in [1.54, 1.807) is 7.05 Å². The molecule has 0 saturated heterocycles. The molecule has 1 unspecified atom stereocenters. The van der Waals surface area contributed by atoms with Crippen LogP contribution < -0.4 is 11.1 Å². The van der Waals surface area contributed by atoms with E-state index < -0.39 is 0 Å². The fourth-order valence-corrected chi connectivity index (χ4v) is 1.03. The fraction of sp³-hybridized carbons (Fsp3) is 0.909. The van der Waals surface area contributed by atoms with Crippen molar-refractivity contribution in [3.05, 3.63) is 0 Å². The fourth-order valence-electron chi connectivity index (χ4n) is 1.03. The molecule has 0 aromatic carbocycles. The van der Waals surface area contributed by atoms with Crippen LogP contribution in [0.4, 0.5) is 0 Å². The van der Waals surface area contributed by atoms with Crippen molar-refractivity contribution in [2.45, 2.75) is 52.5 Å². The first-order chi connectivity index (χ1) is 7.22. The van der Waals surface area contributed by atoms with Gasteiger partial charge in [-0.3, -0.25) is 4.79 Å². The zero-order valence-corrected chi connectivity index (χ0v) is 10.8. The van der Waals surface area contributed by atoms with Crippen LogP contribution in [0.1, 0.15) is 46.5 Å². The topological polar surface area (TPSA) is 75.3 Å². The molecule has 1 atom stereocenters. The van der Waals surface area contributed by atoms with Gasteiger partial charge in [0.25, 0.3) is 0 Å². The second-order valence-corrected chi connectivity index (χ2v) is 2.74. The summed E-state index contributed by atoms with van der Waals surface area (Å²) in [5, 5.41) is 9.89. The number of nitrogens with one attached hydrogen (secondary N) is 1. The van der Waals surface area contributed by atoms with Crippen LogP contribution in [0.25, 0.3) is 0 Å². The molecule has 0 aliphatic heterocycles. The molecule has 0 radical (unpaired) electrons. The molecule has 0 aliphatic rings. The van der Waals surface area contributed by atoms with Gasteiger partial charge in [-0.2, -0.15) is 0 Å². The van der Waals surface area contributed by atoms with Crippen molar-refractivity contribution in [1.29, 1.82) is 0 Å². The van der Waals surface area contributed by atoms with Crippen LogP contribution in [-0.4, -0.2) is 31.2 Å². The van der Waals surface area contributed by atoms with E-state index in [0.29, 0.717) is 0 Å². The Balaban J connectivity index is -0.000000318. The van der Waals surface area contributed by atoms with E-state index in [0.717, 1.165) is 20.0 Å². The Morgan fingerprint density at radius 2 is 1.80 bits per heavy atom. The lowest BCUT2D eigenvalue weighted by Crippen LogP contribution is -2.38. The van der Waals surface area contributed by atoms with Gasteiger partial charge in [0.2, 0.25) is 5.91 Å². The maximum atomic E-state index is 10.7. The van der Waals surface area contributed by atoms with Gasteiger partial charge in [0, 0.05) is 7.11 Å². The van der Waals surface area contributed by atoms with Crippen LogP contribution in [0.3, 0.4) is 0 Å². The van der Waals surface area contributed by atoms with E-state index in [1.165, 1.54) is 12.8 Å². The molecule has 0 heterocycles. The molecular formula is C11H28N2O2. The lowest BCUT2D eigenvalue weighted by molar-refractivity contribution is -0.120. The summed E-state index contributed by atoms with van der Waals surface area (Å²) >= 11 is 0. The van der Waals surface area contributed by atoms with Crippen molar-refractivity contribution in [3.8, 4) is 0 Å². The summed E-state index contributed by atoms with van der Waals surface area (Å²) < 4.78 is 0. The van der Waals surface area contributed by atoms with Gasteiger partial charge < -0.3 is 16.2 Å². The number of aliphatic hydroxyl groups is 1. The number of aliphatic hydroxyl groups excluding tert-OH is 1. The molecule has 1 amide bonds. The number of likely N-dealkylation sites (N-methyl/N-ethyl adjacent to an activating group) is 1. The van der Waals surface area contributed by atoms with Crippen LogP contribution in [0.5, 0.6) is 0 Å². The Morgan fingerprint density at radius 1 is 1.33 bits per heavy atom. The lowest BCUT2D eigenvalue weighted by atomic mass is 10.1. The summed E-state index contributed by atoms with van der Waals surface area (Å²) in [5.74, 6) is -0.247. The van der Waals surface area contributed by atoms with Gasteiger partial charge in [0.05, 0.1) is 6.04 Å². The average Bonchev–Trinajstić information content (AvgIpc) is 2.29. The van der Waals surface area contributed by atoms with E-state index in [4.69, 9.17) is 10.8 Å². The van der Waals surface area contributed by atoms with Gasteiger partial charge in [0.15, 0.2) is 0 Å². The SMILES string of the molecule is CC.CCCCCC(NC)C(N)=O.CO. The number of unbranched alkanes of at least 4 members (excludes halogenated alkanes) is 2. The first kappa shape index (κ1) is 19.9. The third kappa shape index (κ3) is 16.1. The summed E-state index contributed by atoms with van der Waals surface area (Å²) in [6.07, 6.45) is 4.28. The number of rotatable bonds is 6. The van der Waals surface area contributed by atoms with Crippen LogP contribution in [-0.2, 0) is 4.79 Å². The highest BCUT2D eigenvalue weighted by atomic mass is 16.2. The Morgan fingerprint density at radius 3 is 2.07 bits per heavy atom. The van der Waals surface area contributed by atoms with Crippen molar-refractivity contribution in [2.24, 2.45) is 5.73 Å². The first-order valence-corrected chi connectivity index (χ1v) is 5.63. The summed E-state index contributed by atoms with van der Waals surface area (Å²) in [6, 6.07) is -0.137. The standard InChI is InChI=1S/C8H18N2O.C2H6.CH4O/c1-3-4-5-6-7(10-2)8(9)11;2*1-2/h7,10H,3-6H2,1-2H3,(H2,9,11);1-2H3;2H,1H3. The second kappa shape index (κ2) is 19.0. The van der Waals surface area contributed by atoms with Gasteiger partial charge in [0.1, 0.15) is 0 Å². The zero-order valence-electron chi connectivity index (χ0n) is 10.8.